The smallest absolute Gasteiger partial charge is 0.261 e. The number of hydrogen-bond acceptors (Lipinski definition) is 4. The van der Waals surface area contributed by atoms with Crippen LogP contribution in [-0.4, -0.2) is 53.1 Å². The molecule has 7 nitrogen and oxygen atoms in total. The van der Waals surface area contributed by atoms with Crippen molar-refractivity contribution in [1.82, 2.24) is 15.1 Å². The molecule has 1 aliphatic rings. The van der Waals surface area contributed by atoms with Crippen LogP contribution in [0.5, 0.6) is 0 Å². The van der Waals surface area contributed by atoms with Gasteiger partial charge in [-0.1, -0.05) is 48.9 Å². The molecule has 3 rings (SSSR count). The molecule has 2 aromatic carbocycles. The summed E-state index contributed by atoms with van der Waals surface area (Å²) in [6.07, 6.45) is 0.946. The third kappa shape index (κ3) is 4.88. The summed E-state index contributed by atoms with van der Waals surface area (Å²) >= 11 is 0. The number of likely N-dealkylation sites (N-methyl/N-ethyl adjacent to an activating group) is 1. The molecular formula is C25H29N3O4. The van der Waals surface area contributed by atoms with Crippen molar-refractivity contribution in [3.63, 3.8) is 0 Å². The highest BCUT2D eigenvalue weighted by Gasteiger charge is 2.35. The van der Waals surface area contributed by atoms with E-state index in [0.717, 1.165) is 11.1 Å². The second-order valence-corrected chi connectivity index (χ2v) is 7.96. The molecule has 7 heteroatoms. The van der Waals surface area contributed by atoms with Crippen LogP contribution in [0.25, 0.3) is 0 Å². The highest BCUT2D eigenvalue weighted by molar-refractivity contribution is 6.21. The van der Waals surface area contributed by atoms with Gasteiger partial charge in [0.1, 0.15) is 6.04 Å². The maximum absolute atomic E-state index is 13.1. The van der Waals surface area contributed by atoms with E-state index in [1.807, 2.05) is 38.1 Å². The van der Waals surface area contributed by atoms with Crippen LogP contribution in [0.15, 0.2) is 48.5 Å². The van der Waals surface area contributed by atoms with Crippen LogP contribution in [-0.2, 0) is 16.1 Å². The van der Waals surface area contributed by atoms with Gasteiger partial charge in [0.05, 0.1) is 11.1 Å². The predicted molar refractivity (Wildman–Crippen MR) is 121 cm³/mol. The topological polar surface area (TPSA) is 86.8 Å². The number of amides is 4. The van der Waals surface area contributed by atoms with Gasteiger partial charge in [-0.05, 0) is 37.5 Å². The number of carbonyl (C=O) groups excluding carboxylic acids is 4. The van der Waals surface area contributed by atoms with E-state index in [0.29, 0.717) is 30.5 Å². The van der Waals surface area contributed by atoms with E-state index in [1.54, 1.807) is 36.2 Å². The van der Waals surface area contributed by atoms with Crippen molar-refractivity contribution in [2.45, 2.75) is 45.7 Å². The molecule has 0 aliphatic carbocycles. The number of hydrogen-bond donors (Lipinski definition) is 1. The molecule has 1 atom stereocenters. The second-order valence-electron chi connectivity index (χ2n) is 7.96. The highest BCUT2D eigenvalue weighted by atomic mass is 16.2. The van der Waals surface area contributed by atoms with Gasteiger partial charge in [0, 0.05) is 26.6 Å². The number of benzene rings is 2. The fourth-order valence-corrected chi connectivity index (χ4v) is 3.95. The molecular weight excluding hydrogens is 406 g/mol. The molecule has 1 unspecified atom stereocenters. The van der Waals surface area contributed by atoms with E-state index in [4.69, 9.17) is 0 Å². The van der Waals surface area contributed by atoms with Crippen molar-refractivity contribution in [1.29, 1.82) is 0 Å². The lowest BCUT2D eigenvalue weighted by Crippen LogP contribution is -2.48. The van der Waals surface area contributed by atoms with Crippen molar-refractivity contribution >= 4 is 23.6 Å². The predicted octanol–water partition coefficient (Wildman–Crippen LogP) is 2.92. The zero-order valence-electron chi connectivity index (χ0n) is 18.8. The molecule has 168 valence electrons. The SMILES string of the molecule is CCC(C(=O)NC)N(Cc1ccc(C)cc1)C(=O)CCCN1C(=O)c2ccccc2C1=O. The maximum atomic E-state index is 13.1. The zero-order valence-corrected chi connectivity index (χ0v) is 18.8. The number of rotatable bonds is 9. The summed E-state index contributed by atoms with van der Waals surface area (Å²) in [7, 11) is 1.56. The standard InChI is InChI=1S/C25H29N3O4/c1-4-21(23(30)26-3)28(16-18-13-11-17(2)12-14-18)22(29)10-7-15-27-24(31)19-8-5-6-9-20(19)25(27)32/h5-6,8-9,11-14,21H,4,7,10,15-16H2,1-3H3,(H,26,30). The molecule has 2 aromatic rings. The number of imide groups is 1. The summed E-state index contributed by atoms with van der Waals surface area (Å²) in [5, 5.41) is 2.64. The number of nitrogens with zero attached hydrogens (tertiary/aromatic N) is 2. The van der Waals surface area contributed by atoms with Gasteiger partial charge in [-0.2, -0.15) is 0 Å². The van der Waals surface area contributed by atoms with Crippen LogP contribution in [0.2, 0.25) is 0 Å². The molecule has 0 spiro atoms. The molecule has 4 amide bonds. The van der Waals surface area contributed by atoms with Crippen LogP contribution in [0.3, 0.4) is 0 Å². The van der Waals surface area contributed by atoms with Gasteiger partial charge in [0.25, 0.3) is 11.8 Å². The zero-order chi connectivity index (χ0) is 23.3. The summed E-state index contributed by atoms with van der Waals surface area (Å²) in [4.78, 5) is 53.4. The molecule has 1 N–H and O–H groups in total. The van der Waals surface area contributed by atoms with Crippen molar-refractivity contribution < 1.29 is 19.2 Å². The molecule has 0 aromatic heterocycles. The van der Waals surface area contributed by atoms with Crippen LogP contribution < -0.4 is 5.32 Å². The fraction of sp³-hybridized carbons (Fsp3) is 0.360. The van der Waals surface area contributed by atoms with Gasteiger partial charge in [0.15, 0.2) is 0 Å². The third-order valence-electron chi connectivity index (χ3n) is 5.76. The van der Waals surface area contributed by atoms with Crippen molar-refractivity contribution in [3.8, 4) is 0 Å². The Morgan fingerprint density at radius 2 is 1.59 bits per heavy atom. The Balaban J connectivity index is 1.68. The van der Waals surface area contributed by atoms with E-state index < -0.39 is 6.04 Å². The summed E-state index contributed by atoms with van der Waals surface area (Å²) in [5.74, 6) is -1.05. The largest absolute Gasteiger partial charge is 0.357 e. The number of nitrogens with one attached hydrogen (secondary N) is 1. The third-order valence-corrected chi connectivity index (χ3v) is 5.76. The minimum absolute atomic E-state index is 0.132. The maximum Gasteiger partial charge on any atom is 0.261 e. The first-order valence-corrected chi connectivity index (χ1v) is 10.9. The lowest BCUT2D eigenvalue weighted by atomic mass is 10.1. The number of fused-ring (bicyclic) bond motifs is 1. The van der Waals surface area contributed by atoms with Crippen LogP contribution in [0.4, 0.5) is 0 Å². The normalized spacial score (nSPS) is 13.7. The first kappa shape index (κ1) is 23.2. The summed E-state index contributed by atoms with van der Waals surface area (Å²) in [6.45, 7) is 4.34. The highest BCUT2D eigenvalue weighted by Crippen LogP contribution is 2.23. The molecule has 0 saturated heterocycles. The molecule has 0 bridgehead atoms. The van der Waals surface area contributed by atoms with Gasteiger partial charge in [-0.3, -0.25) is 24.1 Å². The van der Waals surface area contributed by atoms with E-state index in [-0.39, 0.29) is 36.6 Å². The van der Waals surface area contributed by atoms with Crippen molar-refractivity contribution in [3.05, 3.63) is 70.8 Å². The Morgan fingerprint density at radius 3 is 2.12 bits per heavy atom. The molecule has 0 fully saturated rings. The Kier molecular flexibility index (Phi) is 7.41. The van der Waals surface area contributed by atoms with E-state index in [2.05, 4.69) is 5.32 Å². The molecule has 0 saturated carbocycles. The summed E-state index contributed by atoms with van der Waals surface area (Å²) in [6, 6.07) is 14.0. The van der Waals surface area contributed by atoms with Gasteiger partial charge in [-0.25, -0.2) is 0 Å². The van der Waals surface area contributed by atoms with Gasteiger partial charge in [0.2, 0.25) is 11.8 Å². The Hall–Kier alpha value is -3.48. The average Bonchev–Trinajstić information content (AvgIpc) is 3.05. The van der Waals surface area contributed by atoms with Gasteiger partial charge >= 0.3 is 0 Å². The quantitative estimate of drug-likeness (QED) is 0.614. The Bertz CT molecular complexity index is 981. The van der Waals surface area contributed by atoms with Crippen LogP contribution in [0.1, 0.15) is 58.0 Å². The van der Waals surface area contributed by atoms with Crippen molar-refractivity contribution in [2.24, 2.45) is 0 Å². The second kappa shape index (κ2) is 10.2. The monoisotopic (exact) mass is 435 g/mol. The molecule has 32 heavy (non-hydrogen) atoms. The van der Waals surface area contributed by atoms with Gasteiger partial charge < -0.3 is 10.2 Å². The van der Waals surface area contributed by atoms with E-state index in [9.17, 15) is 19.2 Å². The summed E-state index contributed by atoms with van der Waals surface area (Å²) < 4.78 is 0. The van der Waals surface area contributed by atoms with Crippen LogP contribution >= 0.6 is 0 Å². The number of carbonyl (C=O) groups is 4. The summed E-state index contributed by atoms with van der Waals surface area (Å²) in [5.41, 5.74) is 2.85. The lowest BCUT2D eigenvalue weighted by Gasteiger charge is -2.30. The minimum atomic E-state index is -0.590. The van der Waals surface area contributed by atoms with E-state index >= 15 is 0 Å². The van der Waals surface area contributed by atoms with Crippen LogP contribution in [0, 0.1) is 6.92 Å². The first-order valence-electron chi connectivity index (χ1n) is 10.9. The Labute approximate surface area is 188 Å². The first-order chi connectivity index (χ1) is 15.4. The molecule has 0 radical (unpaired) electrons. The fourth-order valence-electron chi connectivity index (χ4n) is 3.95. The van der Waals surface area contributed by atoms with E-state index in [1.165, 1.54) is 4.90 Å². The van der Waals surface area contributed by atoms with Gasteiger partial charge in [-0.15, -0.1) is 0 Å². The number of aryl methyl sites for hydroxylation is 1. The molecule has 1 heterocycles. The average molecular weight is 436 g/mol. The Morgan fingerprint density at radius 1 is 1.00 bits per heavy atom. The van der Waals surface area contributed by atoms with Crippen molar-refractivity contribution in [2.75, 3.05) is 13.6 Å². The molecule has 1 aliphatic heterocycles. The lowest BCUT2D eigenvalue weighted by molar-refractivity contribution is -0.141. The minimum Gasteiger partial charge on any atom is -0.357 e.